The molecule has 0 radical (unpaired) electrons. The minimum atomic E-state index is -0.170. The van der Waals surface area contributed by atoms with Crippen molar-refractivity contribution in [3.8, 4) is 16.9 Å². The van der Waals surface area contributed by atoms with Crippen molar-refractivity contribution in [2.24, 2.45) is 0 Å². The van der Waals surface area contributed by atoms with Gasteiger partial charge in [0.1, 0.15) is 5.75 Å². The molecule has 1 heterocycles. The summed E-state index contributed by atoms with van der Waals surface area (Å²) >= 11 is 0. The third-order valence-electron chi connectivity index (χ3n) is 4.84. The smallest absolute Gasteiger partial charge is 0.241 e. The molecule has 5 heteroatoms. The number of piperidine rings is 1. The van der Waals surface area contributed by atoms with Crippen LogP contribution in [0.2, 0.25) is 0 Å². The van der Waals surface area contributed by atoms with Crippen molar-refractivity contribution in [3.63, 3.8) is 0 Å². The number of aliphatic hydroxyl groups excluding tert-OH is 1. The summed E-state index contributed by atoms with van der Waals surface area (Å²) in [6, 6.07) is 15.5. The van der Waals surface area contributed by atoms with Gasteiger partial charge < -0.3 is 15.2 Å². The molecule has 0 saturated carbocycles. The van der Waals surface area contributed by atoms with Gasteiger partial charge in [-0.2, -0.15) is 0 Å². The molecule has 5 nitrogen and oxygen atoms in total. The molecular weight excluding hydrogens is 328 g/mol. The average molecular weight is 354 g/mol. The Morgan fingerprint density at radius 2 is 1.96 bits per heavy atom. The van der Waals surface area contributed by atoms with Crippen LogP contribution in [0.5, 0.6) is 5.75 Å². The molecule has 1 aliphatic rings. The number of aliphatic hydroxyl groups is 1. The van der Waals surface area contributed by atoms with Gasteiger partial charge in [0.2, 0.25) is 5.91 Å². The van der Waals surface area contributed by atoms with Crippen LogP contribution in [0.4, 0.5) is 5.69 Å². The number of likely N-dealkylation sites (tertiary alicyclic amines) is 1. The van der Waals surface area contributed by atoms with Crippen molar-refractivity contribution in [2.45, 2.75) is 25.3 Å². The van der Waals surface area contributed by atoms with Crippen molar-refractivity contribution in [3.05, 3.63) is 48.5 Å². The first-order chi connectivity index (χ1) is 12.7. The molecule has 1 unspecified atom stereocenters. The number of methoxy groups -OCH3 is 1. The van der Waals surface area contributed by atoms with Crippen molar-refractivity contribution in [1.29, 1.82) is 0 Å². The van der Waals surface area contributed by atoms with E-state index in [9.17, 15) is 9.90 Å². The fourth-order valence-corrected chi connectivity index (χ4v) is 3.49. The number of amides is 1. The maximum absolute atomic E-state index is 12.7. The lowest BCUT2D eigenvalue weighted by molar-refractivity contribution is -0.122. The number of β-amino-alcohol motifs (C(OH)–C–C–N with tert-alkyl or cyclic N) is 1. The lowest BCUT2D eigenvalue weighted by Gasteiger charge is -2.34. The van der Waals surface area contributed by atoms with E-state index in [0.29, 0.717) is 6.54 Å². The van der Waals surface area contributed by atoms with E-state index >= 15 is 0 Å². The van der Waals surface area contributed by atoms with E-state index < -0.39 is 0 Å². The Bertz CT molecular complexity index is 746. The van der Waals surface area contributed by atoms with Gasteiger partial charge in [-0.1, -0.05) is 30.7 Å². The quantitative estimate of drug-likeness (QED) is 0.837. The van der Waals surface area contributed by atoms with Crippen LogP contribution in [0.25, 0.3) is 11.1 Å². The van der Waals surface area contributed by atoms with Crippen LogP contribution in [0.3, 0.4) is 0 Å². The van der Waals surface area contributed by atoms with Gasteiger partial charge in [0.05, 0.1) is 19.8 Å². The van der Waals surface area contributed by atoms with Gasteiger partial charge in [0, 0.05) is 12.2 Å². The maximum Gasteiger partial charge on any atom is 0.241 e. The van der Waals surface area contributed by atoms with Crippen LogP contribution in [0.15, 0.2) is 48.5 Å². The number of nitrogens with one attached hydrogen (secondary N) is 1. The lowest BCUT2D eigenvalue weighted by Crippen LogP contribution is -2.48. The first-order valence-electron chi connectivity index (χ1n) is 9.11. The topological polar surface area (TPSA) is 61.8 Å². The number of ether oxygens (including phenoxy) is 1. The third-order valence-corrected chi connectivity index (χ3v) is 4.84. The second-order valence-corrected chi connectivity index (χ2v) is 6.57. The summed E-state index contributed by atoms with van der Waals surface area (Å²) in [4.78, 5) is 14.8. The first-order valence-corrected chi connectivity index (χ1v) is 9.11. The summed E-state index contributed by atoms with van der Waals surface area (Å²) < 4.78 is 5.29. The minimum Gasteiger partial charge on any atom is -0.497 e. The van der Waals surface area contributed by atoms with E-state index in [1.54, 1.807) is 7.11 Å². The number of nitrogens with zero attached hydrogens (tertiary/aromatic N) is 1. The molecule has 2 N–H and O–H groups in total. The minimum absolute atomic E-state index is 0.000872. The molecule has 0 aliphatic carbocycles. The van der Waals surface area contributed by atoms with Crippen molar-refractivity contribution >= 4 is 11.6 Å². The van der Waals surface area contributed by atoms with Gasteiger partial charge in [0.25, 0.3) is 0 Å². The molecule has 2 aromatic carbocycles. The summed E-state index contributed by atoms with van der Waals surface area (Å²) in [6.07, 6.45) is 2.96. The van der Waals surface area contributed by atoms with Crippen LogP contribution >= 0.6 is 0 Å². The molecule has 3 rings (SSSR count). The Balaban J connectivity index is 1.74. The van der Waals surface area contributed by atoms with Gasteiger partial charge in [-0.3, -0.25) is 9.69 Å². The Labute approximate surface area is 154 Å². The molecule has 138 valence electrons. The summed E-state index contributed by atoms with van der Waals surface area (Å²) in [5.74, 6) is 0.805. The van der Waals surface area contributed by atoms with E-state index in [0.717, 1.165) is 48.4 Å². The van der Waals surface area contributed by atoms with Gasteiger partial charge in [-0.05, 0) is 54.8 Å². The molecule has 1 fully saturated rings. The van der Waals surface area contributed by atoms with Crippen molar-refractivity contribution in [1.82, 2.24) is 4.90 Å². The number of benzene rings is 2. The molecule has 1 atom stereocenters. The largest absolute Gasteiger partial charge is 0.497 e. The summed E-state index contributed by atoms with van der Waals surface area (Å²) in [5, 5.41) is 12.3. The van der Waals surface area contributed by atoms with E-state index in [4.69, 9.17) is 4.74 Å². The molecular formula is C21H26N2O3. The normalized spacial score (nSPS) is 17.7. The van der Waals surface area contributed by atoms with Gasteiger partial charge in [0.15, 0.2) is 0 Å². The highest BCUT2D eigenvalue weighted by atomic mass is 16.5. The standard InChI is InChI=1S/C21H26N2O3/c1-26-19-9-5-7-17(15-19)16-6-4-8-18(14-16)22-21(25)20-10-2-3-11-23(20)12-13-24/h4-9,14-15,20,24H,2-3,10-13H2,1H3,(H,22,25). The Morgan fingerprint density at radius 1 is 1.19 bits per heavy atom. The fraction of sp³-hybridized carbons (Fsp3) is 0.381. The van der Waals surface area contributed by atoms with Crippen LogP contribution < -0.4 is 10.1 Å². The summed E-state index contributed by atoms with van der Waals surface area (Å²) in [7, 11) is 1.65. The van der Waals surface area contributed by atoms with Crippen LogP contribution in [-0.4, -0.2) is 48.8 Å². The van der Waals surface area contributed by atoms with Crippen LogP contribution in [0.1, 0.15) is 19.3 Å². The van der Waals surface area contributed by atoms with Crippen LogP contribution in [0, 0.1) is 0 Å². The number of carbonyl (C=O) groups is 1. The summed E-state index contributed by atoms with van der Waals surface area (Å²) in [6.45, 7) is 1.49. The van der Waals surface area contributed by atoms with Crippen molar-refractivity contribution in [2.75, 3.05) is 32.1 Å². The second-order valence-electron chi connectivity index (χ2n) is 6.57. The number of hydrogen-bond acceptors (Lipinski definition) is 4. The van der Waals surface area contributed by atoms with E-state index in [1.165, 1.54) is 0 Å². The highest BCUT2D eigenvalue weighted by Crippen LogP contribution is 2.26. The SMILES string of the molecule is COc1cccc(-c2cccc(NC(=O)C3CCCCN3CCO)c2)c1. The van der Waals surface area contributed by atoms with E-state index in [2.05, 4.69) is 10.2 Å². The van der Waals surface area contributed by atoms with Gasteiger partial charge >= 0.3 is 0 Å². The zero-order valence-electron chi connectivity index (χ0n) is 15.1. The number of anilines is 1. The van der Waals surface area contributed by atoms with E-state index in [1.807, 2.05) is 48.5 Å². The van der Waals surface area contributed by atoms with Crippen LogP contribution in [-0.2, 0) is 4.79 Å². The molecule has 1 amide bonds. The highest BCUT2D eigenvalue weighted by Gasteiger charge is 2.28. The Morgan fingerprint density at radius 3 is 2.73 bits per heavy atom. The molecule has 0 aromatic heterocycles. The van der Waals surface area contributed by atoms with Crippen molar-refractivity contribution < 1.29 is 14.6 Å². The zero-order chi connectivity index (χ0) is 18.4. The molecule has 26 heavy (non-hydrogen) atoms. The second kappa shape index (κ2) is 8.83. The lowest BCUT2D eigenvalue weighted by atomic mass is 10.0. The summed E-state index contributed by atoms with van der Waals surface area (Å²) in [5.41, 5.74) is 2.85. The maximum atomic E-state index is 12.7. The first kappa shape index (κ1) is 18.4. The van der Waals surface area contributed by atoms with Gasteiger partial charge in [-0.25, -0.2) is 0 Å². The van der Waals surface area contributed by atoms with E-state index in [-0.39, 0.29) is 18.6 Å². The highest BCUT2D eigenvalue weighted by molar-refractivity contribution is 5.95. The molecule has 1 saturated heterocycles. The zero-order valence-corrected chi connectivity index (χ0v) is 15.1. The fourth-order valence-electron chi connectivity index (χ4n) is 3.49. The Hall–Kier alpha value is -2.37. The third kappa shape index (κ3) is 4.42. The van der Waals surface area contributed by atoms with Gasteiger partial charge in [-0.15, -0.1) is 0 Å². The molecule has 2 aromatic rings. The number of rotatable bonds is 6. The predicted molar refractivity (Wildman–Crippen MR) is 103 cm³/mol. The predicted octanol–water partition coefficient (Wildman–Crippen LogP) is 3.15. The molecule has 1 aliphatic heterocycles. The monoisotopic (exact) mass is 354 g/mol. The molecule has 0 spiro atoms. The Kier molecular flexibility index (Phi) is 6.26. The average Bonchev–Trinajstić information content (AvgIpc) is 2.69. The molecule has 0 bridgehead atoms. The number of hydrogen-bond donors (Lipinski definition) is 2. The number of carbonyl (C=O) groups excluding carboxylic acids is 1.